The first-order chi connectivity index (χ1) is 52.0. The number of nitrogens with one attached hydrogen (secondary N) is 2. The van der Waals surface area contributed by atoms with Gasteiger partial charge in [-0.25, -0.2) is 13.8 Å². The highest BCUT2D eigenvalue weighted by molar-refractivity contribution is 8.26. The standard InChI is InChI=1S/C28H39N3O5.C25H38ClNO4.C23H33NO4.C5H8N2O2.Cl2OS.ClH/c1-18(24-5-3-4-14-30(24)16-19-6-8-21(35-2)9-7-19)36-22-10-11-23-20(15-22)17-31(28(23)34)25-12-13-26(32)29-27(25)33;1-4-30-25(28)23-13-12-22(15-20(23)16-26)31-18(2)24-7-5-6-14-27(24)17-19-8-10-21(29-3)11-9-19;1-16(28-20-10-11-21-18(13-20)15-27-23(21)25)22-5-3-4-12-24(22)14-17-6-8-19(26-2)9-7-17;6-3-1-2-4(8)7-5(3)9;1-4(2)3;/h10-11,15,18-19,21,24-25H,3-9,12-14,16-17H2,1-2H3,(H,29,32,33);12-13,15,18-19,21,24H,4-11,14,16-17H2,1-3H3;10-11,13,16-17,19,22H,3-9,12,14-15H2,1-2H3;3H,1-2,6H2,(H,7,8,9);;1H. The molecule has 5 amide bonds. The van der Waals surface area contributed by atoms with Gasteiger partial charge in [0.1, 0.15) is 48.2 Å². The third kappa shape index (κ3) is 26.4. The molecule has 0 radical (unpaired) electrons. The van der Waals surface area contributed by atoms with Crippen LogP contribution in [0, 0.1) is 17.8 Å². The van der Waals surface area contributed by atoms with E-state index in [0.29, 0.717) is 92.1 Å². The monoisotopic (exact) mass is 1620 g/mol. The Labute approximate surface area is 667 Å². The van der Waals surface area contributed by atoms with Gasteiger partial charge in [0.2, 0.25) is 32.9 Å². The summed E-state index contributed by atoms with van der Waals surface area (Å²) in [6, 6.07) is 17.0. The van der Waals surface area contributed by atoms with Crippen LogP contribution in [-0.2, 0) is 71.1 Å². The number of esters is 2. The molecule has 8 atom stereocenters. The number of hydrogen-bond donors (Lipinski definition) is 3. The zero-order chi connectivity index (χ0) is 77.4. The van der Waals surface area contributed by atoms with Gasteiger partial charge in [0.15, 0.2) is 0 Å². The lowest BCUT2D eigenvalue weighted by molar-refractivity contribution is -0.137. The minimum absolute atomic E-state index is 0. The number of halogens is 4. The smallest absolute Gasteiger partial charge is 0.338 e. The number of methoxy groups -OCH3 is 3. The Morgan fingerprint density at radius 1 is 0.560 bits per heavy atom. The molecular weight excluding hydrogens is 1500 g/mol. The second-order valence-corrected chi connectivity index (χ2v) is 33.6. The topological polar surface area (TPSA) is 273 Å². The van der Waals surface area contributed by atoms with E-state index in [1.54, 1.807) is 17.9 Å². The van der Waals surface area contributed by atoms with Crippen molar-refractivity contribution in [1.29, 1.82) is 0 Å². The van der Waals surface area contributed by atoms with E-state index in [1.807, 2.05) is 69.9 Å². The summed E-state index contributed by atoms with van der Waals surface area (Å²) >= 11 is 6.11. The maximum Gasteiger partial charge on any atom is 0.338 e. The van der Waals surface area contributed by atoms with Crippen molar-refractivity contribution < 1.29 is 75.7 Å². The third-order valence-corrected chi connectivity index (χ3v) is 23.9. The molecule has 23 nitrogen and oxygen atoms in total. The lowest BCUT2D eigenvalue weighted by Crippen LogP contribution is -2.52. The average molecular weight is 1620 g/mol. The molecular formula is C81H119Cl4N7O16S. The number of nitrogens with zero attached hydrogens (tertiary/aromatic N) is 4. The number of alkyl halides is 1. The summed E-state index contributed by atoms with van der Waals surface area (Å²) in [5.41, 5.74) is 9.65. The van der Waals surface area contributed by atoms with Gasteiger partial charge in [0.25, 0.3) is 5.91 Å². The van der Waals surface area contributed by atoms with Gasteiger partial charge in [-0.1, -0.05) is 19.3 Å². The van der Waals surface area contributed by atoms with E-state index >= 15 is 0 Å². The number of ether oxygens (including phenoxy) is 8. The van der Waals surface area contributed by atoms with E-state index in [0.717, 1.165) is 104 Å². The molecule has 4 N–H and O–H groups in total. The van der Waals surface area contributed by atoms with Crippen molar-refractivity contribution >= 4 is 96.1 Å². The molecule has 5 saturated heterocycles. The second-order valence-electron chi connectivity index (χ2n) is 30.8. The van der Waals surface area contributed by atoms with Crippen LogP contribution in [0.2, 0.25) is 0 Å². The maximum absolute atomic E-state index is 13.0. The fourth-order valence-electron chi connectivity index (χ4n) is 17.5. The van der Waals surface area contributed by atoms with Crippen molar-refractivity contribution in [3.05, 3.63) is 88.0 Å². The van der Waals surface area contributed by atoms with E-state index < -0.39 is 21.3 Å². The lowest BCUT2D eigenvalue weighted by atomic mass is 9.85. The van der Waals surface area contributed by atoms with Crippen LogP contribution >= 0.6 is 45.4 Å². The fraction of sp³-hybridized carbons (Fsp3) is 0.691. The van der Waals surface area contributed by atoms with Gasteiger partial charge < -0.3 is 48.5 Å². The number of carbonyl (C=O) groups excluding carboxylic acids is 7. The zero-order valence-electron chi connectivity index (χ0n) is 64.9. The molecule has 0 bridgehead atoms. The number of piperidine rings is 5. The van der Waals surface area contributed by atoms with Crippen LogP contribution in [0.1, 0.15) is 236 Å². The number of hydrogen-bond acceptors (Lipinski definition) is 20. The normalized spacial score (nSPS) is 27.4. The molecule has 0 spiro atoms. The van der Waals surface area contributed by atoms with Crippen LogP contribution in [0.25, 0.3) is 0 Å². The SMILES string of the molecule is CCOC(=O)c1ccc(OC(C)C2CCCCN2CC2CCC(OC)CC2)cc1CCl.COC1CCC(CN2CCCCC2C(C)Oc2ccc3c(c2)CN(C2CCC(=O)NC2=O)C3=O)CC1.COC1CCC(CN2CCCCC2C(C)Oc2ccc3c(c2)COC3=O)CC1.Cl.NC1CCC(=O)NC1=O.O=S(Cl)Cl. The second kappa shape index (κ2) is 45.0. The van der Waals surface area contributed by atoms with Crippen molar-refractivity contribution in [2.24, 2.45) is 23.5 Å². The molecule has 7 aliphatic heterocycles. The molecule has 8 unspecified atom stereocenters. The van der Waals surface area contributed by atoms with Gasteiger partial charge in [0, 0.05) is 117 Å². The molecule has 608 valence electrons. The molecule has 8 fully saturated rings. The van der Waals surface area contributed by atoms with E-state index in [4.69, 9.17) is 59.4 Å². The van der Waals surface area contributed by atoms with E-state index in [1.165, 1.54) is 122 Å². The van der Waals surface area contributed by atoms with Gasteiger partial charge in [0.05, 0.1) is 42.1 Å². The summed E-state index contributed by atoms with van der Waals surface area (Å²) in [4.78, 5) is 91.1. The van der Waals surface area contributed by atoms with Crippen molar-refractivity contribution in [2.45, 2.75) is 274 Å². The highest BCUT2D eigenvalue weighted by Gasteiger charge is 2.41. The van der Waals surface area contributed by atoms with Crippen molar-refractivity contribution in [3.63, 3.8) is 0 Å². The highest BCUT2D eigenvalue weighted by atomic mass is 36.0. The van der Waals surface area contributed by atoms with Gasteiger partial charge in [-0.3, -0.25) is 49.3 Å². The Balaban J connectivity index is 0.000000190. The first-order valence-corrected chi connectivity index (χ1v) is 43.0. The van der Waals surface area contributed by atoms with Gasteiger partial charge in [-0.2, -0.15) is 0 Å². The van der Waals surface area contributed by atoms with Crippen LogP contribution < -0.4 is 30.6 Å². The Morgan fingerprint density at radius 2 is 0.972 bits per heavy atom. The zero-order valence-corrected chi connectivity index (χ0v) is 68.8. The lowest BCUT2D eigenvalue weighted by Gasteiger charge is -2.41. The number of carbonyl (C=O) groups is 7. The Bertz CT molecular complexity index is 3470. The molecule has 13 rings (SSSR count). The number of rotatable bonds is 22. The number of imide groups is 2. The molecule has 10 aliphatic rings. The number of likely N-dealkylation sites (tertiary alicyclic amines) is 3. The molecule has 109 heavy (non-hydrogen) atoms. The number of benzene rings is 3. The minimum atomic E-state index is -1.67. The molecule has 28 heteroatoms. The average Bonchev–Trinajstić information content (AvgIpc) is 1.64. The summed E-state index contributed by atoms with van der Waals surface area (Å²) in [5.74, 6) is 2.95. The van der Waals surface area contributed by atoms with Crippen molar-refractivity contribution in [2.75, 3.05) is 67.2 Å². The molecule has 7 heterocycles. The summed E-state index contributed by atoms with van der Waals surface area (Å²) in [6.45, 7) is 16.3. The van der Waals surface area contributed by atoms with Gasteiger partial charge in [-0.15, -0.1) is 24.0 Å². The van der Waals surface area contributed by atoms with Crippen molar-refractivity contribution in [3.8, 4) is 17.2 Å². The van der Waals surface area contributed by atoms with Crippen LogP contribution in [-0.4, -0.2) is 199 Å². The van der Waals surface area contributed by atoms with Gasteiger partial charge >= 0.3 is 11.9 Å². The Hall–Kier alpha value is -5.22. The Morgan fingerprint density at radius 3 is 1.39 bits per heavy atom. The molecule has 3 saturated carbocycles. The van der Waals surface area contributed by atoms with Crippen LogP contribution in [0.15, 0.2) is 54.6 Å². The van der Waals surface area contributed by atoms with Crippen LogP contribution in [0.5, 0.6) is 17.2 Å². The molecule has 3 aromatic carbocycles. The largest absolute Gasteiger partial charge is 0.489 e. The summed E-state index contributed by atoms with van der Waals surface area (Å²) in [5, 5.41) is 4.48. The van der Waals surface area contributed by atoms with E-state index in [9.17, 15) is 33.6 Å². The minimum Gasteiger partial charge on any atom is -0.489 e. The highest BCUT2D eigenvalue weighted by Crippen LogP contribution is 2.37. The summed E-state index contributed by atoms with van der Waals surface area (Å²) in [6.07, 6.45) is 28.7. The van der Waals surface area contributed by atoms with Crippen LogP contribution in [0.4, 0.5) is 0 Å². The summed E-state index contributed by atoms with van der Waals surface area (Å²) < 4.78 is 55.1. The van der Waals surface area contributed by atoms with Gasteiger partial charge in [-0.05, 0) is 259 Å². The Kier molecular flexibility index (Phi) is 36.9. The number of amides is 5. The molecule has 3 aliphatic carbocycles. The van der Waals surface area contributed by atoms with Crippen molar-refractivity contribution in [1.82, 2.24) is 30.2 Å². The van der Waals surface area contributed by atoms with E-state index in [-0.39, 0.29) is 84.5 Å². The quantitative estimate of drug-likeness (QED) is 0.0365. The number of fused-ring (bicyclic) bond motifs is 2. The fourth-order valence-corrected chi connectivity index (χ4v) is 17.8. The summed E-state index contributed by atoms with van der Waals surface area (Å²) in [7, 11) is 12.9. The van der Waals surface area contributed by atoms with Crippen LogP contribution in [0.3, 0.4) is 0 Å². The first kappa shape index (κ1) is 89.3. The third-order valence-electron chi connectivity index (χ3n) is 23.6. The number of nitrogens with two attached hydrogens (primary N) is 1. The predicted octanol–water partition coefficient (Wildman–Crippen LogP) is 13.1. The maximum atomic E-state index is 13.0. The first-order valence-electron chi connectivity index (χ1n) is 39.6. The predicted molar refractivity (Wildman–Crippen MR) is 424 cm³/mol. The molecule has 3 aromatic rings. The van der Waals surface area contributed by atoms with E-state index in [2.05, 4.69) is 67.5 Å². The number of cyclic esters (lactones) is 1. The molecule has 0 aromatic heterocycles.